The Balaban J connectivity index is 1.98. The van der Waals surface area contributed by atoms with E-state index in [0.717, 1.165) is 12.0 Å². The highest BCUT2D eigenvalue weighted by molar-refractivity contribution is 5.95. The Kier molecular flexibility index (Phi) is 2.47. The zero-order valence-corrected chi connectivity index (χ0v) is 11.0. The predicted molar refractivity (Wildman–Crippen MR) is 69.0 cm³/mol. The minimum absolute atomic E-state index is 0.157. The molecule has 0 saturated carbocycles. The average molecular weight is 246 g/mol. The molecule has 0 aromatic heterocycles. The zero-order valence-electron chi connectivity index (χ0n) is 11.0. The first-order valence-electron chi connectivity index (χ1n) is 6.35. The van der Waals surface area contributed by atoms with Crippen LogP contribution in [0, 0.1) is 0 Å². The standard InChI is InChI=1S/C14H18N2O2/c1-4-14-15-12(11-8-6-5-7-9-11)18-16(14)13(2,3)10-17-14/h5-9H,4,10H2,1-3H3. The Hall–Kier alpha value is -1.39. The minimum atomic E-state index is -0.644. The molecule has 0 amide bonds. The summed E-state index contributed by atoms with van der Waals surface area (Å²) in [5.74, 6) is -0.000445. The number of hydrogen-bond acceptors (Lipinski definition) is 4. The number of nitrogens with zero attached hydrogens (tertiary/aromatic N) is 2. The largest absolute Gasteiger partial charge is 0.380 e. The maximum absolute atomic E-state index is 5.94. The molecule has 2 aliphatic rings. The number of hydrogen-bond donors (Lipinski definition) is 0. The summed E-state index contributed by atoms with van der Waals surface area (Å²) in [4.78, 5) is 10.6. The van der Waals surface area contributed by atoms with Crippen molar-refractivity contribution >= 4 is 5.90 Å². The molecule has 18 heavy (non-hydrogen) atoms. The van der Waals surface area contributed by atoms with Crippen molar-refractivity contribution in [2.24, 2.45) is 4.99 Å². The molecule has 1 fully saturated rings. The van der Waals surface area contributed by atoms with Gasteiger partial charge in [-0.15, -0.1) is 0 Å². The predicted octanol–water partition coefficient (Wildman–Crippen LogP) is 2.55. The highest BCUT2D eigenvalue weighted by Gasteiger charge is 2.57. The van der Waals surface area contributed by atoms with E-state index in [1.165, 1.54) is 0 Å². The van der Waals surface area contributed by atoms with Gasteiger partial charge in [0.2, 0.25) is 5.90 Å². The van der Waals surface area contributed by atoms with Crippen molar-refractivity contribution in [1.29, 1.82) is 0 Å². The van der Waals surface area contributed by atoms with Gasteiger partial charge in [-0.3, -0.25) is 0 Å². The lowest BCUT2D eigenvalue weighted by atomic mass is 10.1. The molecule has 3 rings (SSSR count). The summed E-state index contributed by atoms with van der Waals surface area (Å²) in [7, 11) is 0. The molecule has 0 bridgehead atoms. The molecule has 1 aromatic rings. The second kappa shape index (κ2) is 3.80. The van der Waals surface area contributed by atoms with Crippen molar-refractivity contribution < 1.29 is 9.57 Å². The van der Waals surface area contributed by atoms with Crippen LogP contribution in [-0.4, -0.2) is 29.0 Å². The third-order valence-electron chi connectivity index (χ3n) is 3.46. The highest BCUT2D eigenvalue weighted by Crippen LogP contribution is 2.42. The van der Waals surface area contributed by atoms with Crippen molar-refractivity contribution in [3.05, 3.63) is 35.9 Å². The van der Waals surface area contributed by atoms with Gasteiger partial charge in [-0.05, 0) is 26.0 Å². The van der Waals surface area contributed by atoms with Gasteiger partial charge in [-0.1, -0.05) is 30.2 Å². The Labute approximate surface area is 107 Å². The van der Waals surface area contributed by atoms with Crippen LogP contribution in [0.5, 0.6) is 0 Å². The average Bonchev–Trinajstić information content (AvgIpc) is 2.88. The lowest BCUT2D eigenvalue weighted by Crippen LogP contribution is -2.47. The van der Waals surface area contributed by atoms with Crippen molar-refractivity contribution in [1.82, 2.24) is 5.06 Å². The fourth-order valence-corrected chi connectivity index (χ4v) is 2.44. The zero-order chi connectivity index (χ0) is 12.8. The van der Waals surface area contributed by atoms with Crippen molar-refractivity contribution in [2.45, 2.75) is 38.6 Å². The molecule has 0 N–H and O–H groups in total. The third-order valence-corrected chi connectivity index (χ3v) is 3.46. The maximum Gasteiger partial charge on any atom is 0.253 e. The van der Waals surface area contributed by atoms with E-state index in [1.54, 1.807) is 0 Å². The first-order chi connectivity index (χ1) is 8.57. The first kappa shape index (κ1) is 11.7. The number of rotatable bonds is 2. The summed E-state index contributed by atoms with van der Waals surface area (Å²) in [6, 6.07) is 9.94. The number of hydroxylamine groups is 2. The SMILES string of the molecule is CCC12N=C(c3ccccc3)ON1C(C)(C)CO2. The van der Waals surface area contributed by atoms with E-state index >= 15 is 0 Å². The normalized spacial score (nSPS) is 29.8. The Bertz CT molecular complexity index is 484. The molecule has 96 valence electrons. The van der Waals surface area contributed by atoms with Gasteiger partial charge in [0.25, 0.3) is 5.85 Å². The van der Waals surface area contributed by atoms with Crippen LogP contribution in [0.15, 0.2) is 35.3 Å². The Morgan fingerprint density at radius 2 is 2.00 bits per heavy atom. The van der Waals surface area contributed by atoms with E-state index < -0.39 is 5.85 Å². The van der Waals surface area contributed by atoms with Crippen molar-refractivity contribution in [3.63, 3.8) is 0 Å². The fraction of sp³-hybridized carbons (Fsp3) is 0.500. The topological polar surface area (TPSA) is 34.1 Å². The van der Waals surface area contributed by atoms with Crippen LogP contribution in [-0.2, 0) is 9.57 Å². The molecule has 1 unspecified atom stereocenters. The molecule has 1 aromatic carbocycles. The first-order valence-corrected chi connectivity index (χ1v) is 6.35. The maximum atomic E-state index is 5.94. The minimum Gasteiger partial charge on any atom is -0.380 e. The van der Waals surface area contributed by atoms with E-state index in [9.17, 15) is 0 Å². The number of benzene rings is 1. The van der Waals surface area contributed by atoms with Crippen LogP contribution < -0.4 is 0 Å². The van der Waals surface area contributed by atoms with Gasteiger partial charge in [-0.2, -0.15) is 4.99 Å². The molecule has 4 heteroatoms. The lowest BCUT2D eigenvalue weighted by Gasteiger charge is -2.30. The molecule has 1 saturated heterocycles. The van der Waals surface area contributed by atoms with Gasteiger partial charge >= 0.3 is 0 Å². The van der Waals surface area contributed by atoms with Gasteiger partial charge in [0, 0.05) is 12.0 Å². The fourth-order valence-electron chi connectivity index (χ4n) is 2.44. The van der Waals surface area contributed by atoms with Gasteiger partial charge in [0.15, 0.2) is 0 Å². The monoisotopic (exact) mass is 246 g/mol. The van der Waals surface area contributed by atoms with E-state index in [0.29, 0.717) is 12.5 Å². The van der Waals surface area contributed by atoms with Crippen molar-refractivity contribution in [3.8, 4) is 0 Å². The smallest absolute Gasteiger partial charge is 0.253 e. The molecule has 0 radical (unpaired) electrons. The number of fused-ring (bicyclic) bond motifs is 1. The third kappa shape index (κ3) is 1.56. The lowest BCUT2D eigenvalue weighted by molar-refractivity contribution is -0.209. The molecule has 0 aliphatic carbocycles. The van der Waals surface area contributed by atoms with Gasteiger partial charge < -0.3 is 9.57 Å². The van der Waals surface area contributed by atoms with E-state index in [-0.39, 0.29) is 5.54 Å². The highest BCUT2D eigenvalue weighted by atomic mass is 16.8. The Morgan fingerprint density at radius 1 is 1.28 bits per heavy atom. The van der Waals surface area contributed by atoms with Gasteiger partial charge in [0.1, 0.15) is 0 Å². The summed E-state index contributed by atoms with van der Waals surface area (Å²) >= 11 is 0. The summed E-state index contributed by atoms with van der Waals surface area (Å²) in [6.07, 6.45) is 0.771. The molecule has 2 aliphatic heterocycles. The summed E-state index contributed by atoms with van der Waals surface area (Å²) in [5, 5.41) is 1.89. The molecule has 4 nitrogen and oxygen atoms in total. The van der Waals surface area contributed by atoms with Gasteiger partial charge in [-0.25, -0.2) is 0 Å². The molecule has 1 atom stereocenters. The summed E-state index contributed by atoms with van der Waals surface area (Å²) < 4.78 is 5.89. The quantitative estimate of drug-likeness (QED) is 0.804. The summed E-state index contributed by atoms with van der Waals surface area (Å²) in [5.41, 5.74) is 0.829. The van der Waals surface area contributed by atoms with Crippen LogP contribution in [0.1, 0.15) is 32.8 Å². The molecule has 2 heterocycles. The van der Waals surface area contributed by atoms with Crippen molar-refractivity contribution in [2.75, 3.05) is 6.61 Å². The van der Waals surface area contributed by atoms with Gasteiger partial charge in [0.05, 0.1) is 12.1 Å². The van der Waals surface area contributed by atoms with Crippen LogP contribution in [0.2, 0.25) is 0 Å². The van der Waals surface area contributed by atoms with Crippen LogP contribution in [0.3, 0.4) is 0 Å². The number of aliphatic imine (C=N–C) groups is 1. The molecular formula is C14H18N2O2. The summed E-state index contributed by atoms with van der Waals surface area (Å²) in [6.45, 7) is 6.91. The van der Waals surface area contributed by atoms with E-state index in [4.69, 9.17) is 9.57 Å². The molecular weight excluding hydrogens is 228 g/mol. The Morgan fingerprint density at radius 3 is 2.61 bits per heavy atom. The van der Waals surface area contributed by atoms with Crippen LogP contribution >= 0.6 is 0 Å². The molecule has 0 spiro atoms. The van der Waals surface area contributed by atoms with E-state index in [2.05, 4.69) is 25.8 Å². The van der Waals surface area contributed by atoms with Crippen LogP contribution in [0.25, 0.3) is 0 Å². The second-order valence-corrected chi connectivity index (χ2v) is 5.37. The second-order valence-electron chi connectivity index (χ2n) is 5.37. The van der Waals surface area contributed by atoms with E-state index in [1.807, 2.05) is 35.4 Å². The van der Waals surface area contributed by atoms with Crippen LogP contribution in [0.4, 0.5) is 0 Å². The number of ether oxygens (including phenoxy) is 1.